The summed E-state index contributed by atoms with van der Waals surface area (Å²) in [6.07, 6.45) is 3.08. The maximum atomic E-state index is 11.7. The lowest BCUT2D eigenvalue weighted by Crippen LogP contribution is -2.34. The maximum absolute atomic E-state index is 11.7. The van der Waals surface area contributed by atoms with E-state index in [0.717, 1.165) is 12.8 Å². The molecular formula is C11H16N4O2. The van der Waals surface area contributed by atoms with E-state index in [1.54, 1.807) is 12.3 Å². The Labute approximate surface area is 99.6 Å². The van der Waals surface area contributed by atoms with Gasteiger partial charge in [-0.2, -0.15) is 0 Å². The van der Waals surface area contributed by atoms with Gasteiger partial charge in [0, 0.05) is 6.20 Å². The first-order valence-electron chi connectivity index (χ1n) is 5.65. The number of carbonyl (C=O) groups is 1. The van der Waals surface area contributed by atoms with E-state index in [1.807, 2.05) is 6.92 Å². The normalized spacial score (nSPS) is 23.6. The summed E-state index contributed by atoms with van der Waals surface area (Å²) >= 11 is 0. The molecule has 17 heavy (non-hydrogen) atoms. The van der Waals surface area contributed by atoms with E-state index in [4.69, 9.17) is 10.5 Å². The van der Waals surface area contributed by atoms with Crippen LogP contribution in [0.15, 0.2) is 12.3 Å². The molecule has 0 aromatic carbocycles. The standard InChI is InChI=1S/C11H16N4O2/c1-7-2-3-8(17-7)11(16)14-6-10-13-5-4-9(12)15-10/h4-5,7-8H,2-3,6H2,1H3,(H,14,16)(H2,12,13,15). The fourth-order valence-electron chi connectivity index (χ4n) is 1.78. The van der Waals surface area contributed by atoms with Crippen molar-refractivity contribution in [1.82, 2.24) is 15.3 Å². The quantitative estimate of drug-likeness (QED) is 0.784. The second-order valence-electron chi connectivity index (χ2n) is 4.13. The van der Waals surface area contributed by atoms with E-state index in [9.17, 15) is 4.79 Å². The van der Waals surface area contributed by atoms with E-state index < -0.39 is 0 Å². The predicted octanol–water partition coefficient (Wildman–Crippen LogP) is 0.242. The number of nitrogen functional groups attached to an aromatic ring is 1. The molecule has 1 amide bonds. The molecule has 2 atom stereocenters. The first kappa shape index (κ1) is 11.8. The molecule has 0 saturated carbocycles. The lowest BCUT2D eigenvalue weighted by atomic mass is 10.2. The van der Waals surface area contributed by atoms with Gasteiger partial charge in [0.2, 0.25) is 5.91 Å². The van der Waals surface area contributed by atoms with E-state index in [1.165, 1.54) is 0 Å². The van der Waals surface area contributed by atoms with Gasteiger partial charge >= 0.3 is 0 Å². The molecule has 1 aliphatic rings. The highest BCUT2D eigenvalue weighted by molar-refractivity contribution is 5.80. The average Bonchev–Trinajstić information content (AvgIpc) is 2.73. The smallest absolute Gasteiger partial charge is 0.249 e. The number of aromatic nitrogens is 2. The van der Waals surface area contributed by atoms with Crippen molar-refractivity contribution < 1.29 is 9.53 Å². The third-order valence-corrected chi connectivity index (χ3v) is 2.67. The summed E-state index contributed by atoms with van der Waals surface area (Å²) in [4.78, 5) is 19.7. The molecule has 1 aromatic heterocycles. The SMILES string of the molecule is CC1CCC(C(=O)NCc2nccc(N)n2)O1. The lowest BCUT2D eigenvalue weighted by molar-refractivity contribution is -0.131. The Balaban J connectivity index is 1.84. The first-order chi connectivity index (χ1) is 8.15. The van der Waals surface area contributed by atoms with Gasteiger partial charge in [-0.1, -0.05) is 0 Å². The Hall–Kier alpha value is -1.69. The number of anilines is 1. The van der Waals surface area contributed by atoms with E-state index >= 15 is 0 Å². The number of hydrogen-bond acceptors (Lipinski definition) is 5. The van der Waals surface area contributed by atoms with Crippen molar-refractivity contribution in [2.45, 2.75) is 38.5 Å². The van der Waals surface area contributed by atoms with Crippen molar-refractivity contribution in [2.75, 3.05) is 5.73 Å². The van der Waals surface area contributed by atoms with Gasteiger partial charge < -0.3 is 15.8 Å². The predicted molar refractivity (Wildman–Crippen MR) is 61.9 cm³/mol. The topological polar surface area (TPSA) is 90.1 Å². The number of nitrogens with two attached hydrogens (primary N) is 1. The summed E-state index contributed by atoms with van der Waals surface area (Å²) in [6, 6.07) is 1.60. The minimum Gasteiger partial charge on any atom is -0.384 e. The highest BCUT2D eigenvalue weighted by atomic mass is 16.5. The molecule has 1 aromatic rings. The molecule has 3 N–H and O–H groups in total. The minimum absolute atomic E-state index is 0.111. The van der Waals surface area contributed by atoms with Crippen LogP contribution in [0.1, 0.15) is 25.6 Å². The van der Waals surface area contributed by atoms with Crippen molar-refractivity contribution in [3.8, 4) is 0 Å². The van der Waals surface area contributed by atoms with Crippen molar-refractivity contribution in [2.24, 2.45) is 0 Å². The number of nitrogens with zero attached hydrogens (tertiary/aromatic N) is 2. The zero-order valence-corrected chi connectivity index (χ0v) is 9.72. The van der Waals surface area contributed by atoms with Crippen LogP contribution in [0.25, 0.3) is 0 Å². The van der Waals surface area contributed by atoms with E-state index in [-0.39, 0.29) is 24.7 Å². The molecule has 0 bridgehead atoms. The molecule has 1 saturated heterocycles. The molecular weight excluding hydrogens is 220 g/mol. The Kier molecular flexibility index (Phi) is 3.53. The highest BCUT2D eigenvalue weighted by Crippen LogP contribution is 2.18. The van der Waals surface area contributed by atoms with Crippen LogP contribution in [0.5, 0.6) is 0 Å². The minimum atomic E-state index is -0.342. The third-order valence-electron chi connectivity index (χ3n) is 2.67. The number of rotatable bonds is 3. The number of nitrogens with one attached hydrogen (secondary N) is 1. The van der Waals surface area contributed by atoms with Crippen LogP contribution in [-0.2, 0) is 16.1 Å². The Morgan fingerprint density at radius 3 is 3.12 bits per heavy atom. The van der Waals surface area contributed by atoms with Gasteiger partial charge in [-0.3, -0.25) is 4.79 Å². The zero-order valence-electron chi connectivity index (χ0n) is 9.72. The van der Waals surface area contributed by atoms with Crippen LogP contribution in [-0.4, -0.2) is 28.1 Å². The summed E-state index contributed by atoms with van der Waals surface area (Å²) in [5.41, 5.74) is 5.52. The van der Waals surface area contributed by atoms with Gasteiger partial charge in [0.15, 0.2) is 0 Å². The Bertz CT molecular complexity index is 410. The Morgan fingerprint density at radius 2 is 2.47 bits per heavy atom. The average molecular weight is 236 g/mol. The van der Waals surface area contributed by atoms with Gasteiger partial charge in [-0.25, -0.2) is 9.97 Å². The van der Waals surface area contributed by atoms with Crippen molar-refractivity contribution in [3.63, 3.8) is 0 Å². The summed E-state index contributed by atoms with van der Waals surface area (Å²) in [5, 5.41) is 2.74. The fraction of sp³-hybridized carbons (Fsp3) is 0.545. The molecule has 2 unspecified atom stereocenters. The summed E-state index contributed by atoms with van der Waals surface area (Å²) in [6.45, 7) is 2.24. The van der Waals surface area contributed by atoms with Crippen LogP contribution in [0, 0.1) is 0 Å². The molecule has 0 aliphatic carbocycles. The highest BCUT2D eigenvalue weighted by Gasteiger charge is 2.27. The van der Waals surface area contributed by atoms with E-state index in [2.05, 4.69) is 15.3 Å². The first-order valence-corrected chi connectivity index (χ1v) is 5.65. The van der Waals surface area contributed by atoms with Gasteiger partial charge in [0.25, 0.3) is 0 Å². The van der Waals surface area contributed by atoms with Crippen LogP contribution in [0.3, 0.4) is 0 Å². The molecule has 1 aliphatic heterocycles. The molecule has 6 nitrogen and oxygen atoms in total. The van der Waals surface area contributed by atoms with Crippen LogP contribution >= 0.6 is 0 Å². The largest absolute Gasteiger partial charge is 0.384 e. The number of hydrogen-bond donors (Lipinski definition) is 2. The lowest BCUT2D eigenvalue weighted by Gasteiger charge is -2.11. The van der Waals surface area contributed by atoms with Crippen LogP contribution in [0.2, 0.25) is 0 Å². The van der Waals surface area contributed by atoms with Crippen molar-refractivity contribution in [1.29, 1.82) is 0 Å². The van der Waals surface area contributed by atoms with Crippen LogP contribution < -0.4 is 11.1 Å². The molecule has 0 spiro atoms. The van der Waals surface area contributed by atoms with Gasteiger partial charge in [0.1, 0.15) is 17.7 Å². The molecule has 0 radical (unpaired) electrons. The monoisotopic (exact) mass is 236 g/mol. The van der Waals surface area contributed by atoms with Gasteiger partial charge in [0.05, 0.1) is 12.6 Å². The van der Waals surface area contributed by atoms with Gasteiger partial charge in [-0.05, 0) is 25.8 Å². The molecule has 2 heterocycles. The number of amides is 1. The number of carbonyl (C=O) groups excluding carboxylic acids is 1. The molecule has 92 valence electrons. The van der Waals surface area contributed by atoms with E-state index in [0.29, 0.717) is 11.6 Å². The summed E-state index contributed by atoms with van der Waals surface area (Å²) < 4.78 is 5.46. The molecule has 1 fully saturated rings. The maximum Gasteiger partial charge on any atom is 0.249 e. The molecule has 6 heteroatoms. The van der Waals surface area contributed by atoms with Crippen molar-refractivity contribution in [3.05, 3.63) is 18.1 Å². The third kappa shape index (κ3) is 3.13. The Morgan fingerprint density at radius 1 is 1.65 bits per heavy atom. The summed E-state index contributed by atoms with van der Waals surface area (Å²) in [5.74, 6) is 0.791. The fourth-order valence-corrected chi connectivity index (χ4v) is 1.78. The molecule has 2 rings (SSSR count). The number of ether oxygens (including phenoxy) is 1. The zero-order chi connectivity index (χ0) is 12.3. The van der Waals surface area contributed by atoms with Crippen molar-refractivity contribution >= 4 is 11.7 Å². The second-order valence-corrected chi connectivity index (χ2v) is 4.13. The second kappa shape index (κ2) is 5.09. The van der Waals surface area contributed by atoms with Crippen LogP contribution in [0.4, 0.5) is 5.82 Å². The van der Waals surface area contributed by atoms with Gasteiger partial charge in [-0.15, -0.1) is 0 Å². The summed E-state index contributed by atoms with van der Waals surface area (Å²) in [7, 11) is 0.